The molecule has 0 aliphatic carbocycles. The van der Waals surface area contributed by atoms with Crippen LogP contribution in [0, 0.1) is 0 Å². The van der Waals surface area contributed by atoms with Crippen molar-refractivity contribution in [3.05, 3.63) is 0 Å². The number of hydrogen-bond acceptors (Lipinski definition) is 4. The van der Waals surface area contributed by atoms with Crippen LogP contribution >= 0.6 is 0 Å². The SMILES string of the molecule is CCCNC(=O)C(C)NCCS(=O)(=O)CCC. The molecule has 1 amide bonds. The van der Waals surface area contributed by atoms with Gasteiger partial charge in [0.15, 0.2) is 9.84 Å². The van der Waals surface area contributed by atoms with Gasteiger partial charge in [-0.2, -0.15) is 0 Å². The third kappa shape index (κ3) is 8.15. The van der Waals surface area contributed by atoms with E-state index in [0.717, 1.165) is 6.42 Å². The van der Waals surface area contributed by atoms with E-state index in [-0.39, 0.29) is 23.5 Å². The molecular weight excluding hydrogens is 240 g/mol. The summed E-state index contributed by atoms with van der Waals surface area (Å²) in [5, 5.41) is 5.67. The lowest BCUT2D eigenvalue weighted by atomic mass is 10.3. The molecule has 0 fully saturated rings. The van der Waals surface area contributed by atoms with Gasteiger partial charge in [0.25, 0.3) is 0 Å². The molecule has 0 aromatic carbocycles. The van der Waals surface area contributed by atoms with Crippen LogP contribution in [-0.2, 0) is 14.6 Å². The highest BCUT2D eigenvalue weighted by molar-refractivity contribution is 7.91. The van der Waals surface area contributed by atoms with Gasteiger partial charge < -0.3 is 10.6 Å². The lowest BCUT2D eigenvalue weighted by Crippen LogP contribution is -2.43. The first-order chi connectivity index (χ1) is 7.93. The molecule has 0 saturated carbocycles. The molecule has 0 bridgehead atoms. The van der Waals surface area contributed by atoms with E-state index < -0.39 is 9.84 Å². The molecule has 6 heteroatoms. The van der Waals surface area contributed by atoms with Crippen LogP contribution in [0.25, 0.3) is 0 Å². The van der Waals surface area contributed by atoms with Crippen LogP contribution in [0.5, 0.6) is 0 Å². The summed E-state index contributed by atoms with van der Waals surface area (Å²) in [5.74, 6) is 0.219. The summed E-state index contributed by atoms with van der Waals surface area (Å²) in [7, 11) is -2.96. The molecule has 0 saturated heterocycles. The van der Waals surface area contributed by atoms with E-state index in [1.165, 1.54) is 0 Å². The Bertz CT molecular complexity index is 315. The van der Waals surface area contributed by atoms with E-state index in [9.17, 15) is 13.2 Å². The van der Waals surface area contributed by atoms with Crippen molar-refractivity contribution >= 4 is 15.7 Å². The van der Waals surface area contributed by atoms with Crippen molar-refractivity contribution in [3.63, 3.8) is 0 Å². The largest absolute Gasteiger partial charge is 0.355 e. The van der Waals surface area contributed by atoms with Gasteiger partial charge in [0, 0.05) is 18.8 Å². The fraction of sp³-hybridized carbons (Fsp3) is 0.909. The molecule has 0 rings (SSSR count). The minimum atomic E-state index is -2.96. The van der Waals surface area contributed by atoms with E-state index in [0.29, 0.717) is 19.5 Å². The van der Waals surface area contributed by atoms with Gasteiger partial charge in [0.2, 0.25) is 5.91 Å². The lowest BCUT2D eigenvalue weighted by molar-refractivity contribution is -0.122. The topological polar surface area (TPSA) is 75.3 Å². The van der Waals surface area contributed by atoms with Gasteiger partial charge in [-0.05, 0) is 19.8 Å². The van der Waals surface area contributed by atoms with Crippen molar-refractivity contribution in [2.75, 3.05) is 24.6 Å². The fourth-order valence-electron chi connectivity index (χ4n) is 1.34. The Hall–Kier alpha value is -0.620. The fourth-order valence-corrected chi connectivity index (χ4v) is 2.59. The van der Waals surface area contributed by atoms with Crippen molar-refractivity contribution in [2.24, 2.45) is 0 Å². The predicted molar refractivity (Wildman–Crippen MR) is 69.7 cm³/mol. The van der Waals surface area contributed by atoms with Crippen molar-refractivity contribution < 1.29 is 13.2 Å². The Labute approximate surface area is 104 Å². The highest BCUT2D eigenvalue weighted by Gasteiger charge is 2.13. The molecule has 0 radical (unpaired) electrons. The maximum atomic E-state index is 11.5. The van der Waals surface area contributed by atoms with E-state index in [4.69, 9.17) is 0 Å². The molecule has 0 heterocycles. The molecule has 0 aliphatic rings. The number of carbonyl (C=O) groups is 1. The van der Waals surface area contributed by atoms with Crippen molar-refractivity contribution in [2.45, 2.75) is 39.7 Å². The number of carbonyl (C=O) groups excluding carboxylic acids is 1. The molecule has 17 heavy (non-hydrogen) atoms. The smallest absolute Gasteiger partial charge is 0.236 e. The van der Waals surface area contributed by atoms with Crippen LogP contribution in [0.15, 0.2) is 0 Å². The van der Waals surface area contributed by atoms with E-state index in [2.05, 4.69) is 10.6 Å². The van der Waals surface area contributed by atoms with E-state index in [1.807, 2.05) is 13.8 Å². The summed E-state index contributed by atoms with van der Waals surface area (Å²) in [4.78, 5) is 11.5. The van der Waals surface area contributed by atoms with Crippen LogP contribution in [0.4, 0.5) is 0 Å². The molecule has 0 spiro atoms. The van der Waals surface area contributed by atoms with Gasteiger partial charge >= 0.3 is 0 Å². The highest BCUT2D eigenvalue weighted by Crippen LogP contribution is 1.93. The third-order valence-corrected chi connectivity index (χ3v) is 4.18. The van der Waals surface area contributed by atoms with Crippen molar-refractivity contribution in [1.82, 2.24) is 10.6 Å². The summed E-state index contributed by atoms with van der Waals surface area (Å²) in [6.07, 6.45) is 1.53. The minimum absolute atomic E-state index is 0.0836. The second-order valence-electron chi connectivity index (χ2n) is 4.12. The second kappa shape index (κ2) is 8.47. The Morgan fingerprint density at radius 1 is 1.12 bits per heavy atom. The van der Waals surface area contributed by atoms with Crippen molar-refractivity contribution in [1.29, 1.82) is 0 Å². The van der Waals surface area contributed by atoms with Crippen molar-refractivity contribution in [3.8, 4) is 0 Å². The summed E-state index contributed by atoms with van der Waals surface area (Å²) >= 11 is 0. The molecule has 5 nitrogen and oxygen atoms in total. The van der Waals surface area contributed by atoms with Gasteiger partial charge in [0.1, 0.15) is 0 Å². The van der Waals surface area contributed by atoms with Gasteiger partial charge in [-0.3, -0.25) is 4.79 Å². The van der Waals surface area contributed by atoms with Crippen LogP contribution in [-0.4, -0.2) is 45.0 Å². The molecule has 1 unspecified atom stereocenters. The van der Waals surface area contributed by atoms with Crippen LogP contribution in [0.3, 0.4) is 0 Å². The molecule has 0 aliphatic heterocycles. The van der Waals surface area contributed by atoms with Gasteiger partial charge in [-0.15, -0.1) is 0 Å². The van der Waals surface area contributed by atoms with Gasteiger partial charge in [0.05, 0.1) is 11.8 Å². The van der Waals surface area contributed by atoms with Crippen LogP contribution in [0.1, 0.15) is 33.6 Å². The predicted octanol–water partition coefficient (Wildman–Crippen LogP) is 0.316. The lowest BCUT2D eigenvalue weighted by Gasteiger charge is -2.13. The molecule has 2 N–H and O–H groups in total. The van der Waals surface area contributed by atoms with Crippen LogP contribution < -0.4 is 10.6 Å². The zero-order chi connectivity index (χ0) is 13.3. The second-order valence-corrected chi connectivity index (χ2v) is 6.42. The molecule has 102 valence electrons. The highest BCUT2D eigenvalue weighted by atomic mass is 32.2. The number of rotatable bonds is 9. The maximum absolute atomic E-state index is 11.5. The minimum Gasteiger partial charge on any atom is -0.355 e. The Morgan fingerprint density at radius 3 is 2.29 bits per heavy atom. The number of nitrogens with one attached hydrogen (secondary N) is 2. The first kappa shape index (κ1) is 16.4. The molecule has 0 aromatic heterocycles. The third-order valence-electron chi connectivity index (χ3n) is 2.32. The summed E-state index contributed by atoms with van der Waals surface area (Å²) in [6, 6.07) is -0.349. The standard InChI is InChI=1S/C11H24N2O3S/c1-4-6-13-11(14)10(3)12-7-9-17(15,16)8-5-2/h10,12H,4-9H2,1-3H3,(H,13,14). The number of sulfone groups is 1. The Balaban J connectivity index is 3.85. The number of amides is 1. The van der Waals surface area contributed by atoms with E-state index in [1.54, 1.807) is 6.92 Å². The van der Waals surface area contributed by atoms with Crippen LogP contribution in [0.2, 0.25) is 0 Å². The summed E-state index contributed by atoms with van der Waals surface area (Å²) < 4.78 is 22.8. The first-order valence-corrected chi connectivity index (χ1v) is 7.96. The van der Waals surface area contributed by atoms with Gasteiger partial charge in [-0.25, -0.2) is 8.42 Å². The first-order valence-electron chi connectivity index (χ1n) is 6.14. The zero-order valence-corrected chi connectivity index (χ0v) is 11.8. The summed E-state index contributed by atoms with van der Waals surface area (Å²) in [5.41, 5.74) is 0. The monoisotopic (exact) mass is 264 g/mol. The maximum Gasteiger partial charge on any atom is 0.236 e. The molecular formula is C11H24N2O3S. The average molecular weight is 264 g/mol. The number of hydrogen-bond donors (Lipinski definition) is 2. The quantitative estimate of drug-likeness (QED) is 0.629. The Kier molecular flexibility index (Phi) is 8.16. The average Bonchev–Trinajstić information content (AvgIpc) is 2.25. The molecule has 0 aromatic rings. The molecule has 1 atom stereocenters. The normalized spacial score (nSPS) is 13.4. The Morgan fingerprint density at radius 2 is 1.76 bits per heavy atom. The summed E-state index contributed by atoms with van der Waals surface area (Å²) in [6.45, 7) is 6.53. The van der Waals surface area contributed by atoms with Gasteiger partial charge in [-0.1, -0.05) is 13.8 Å². The van der Waals surface area contributed by atoms with E-state index >= 15 is 0 Å². The zero-order valence-electron chi connectivity index (χ0n) is 11.0.